The van der Waals surface area contributed by atoms with Crippen LogP contribution in [-0.4, -0.2) is 50.6 Å². The van der Waals surface area contributed by atoms with E-state index in [1.165, 1.54) is 32.1 Å². The molecule has 1 saturated heterocycles. The first-order chi connectivity index (χ1) is 9.68. The highest BCUT2D eigenvalue weighted by atomic mass is 16.1. The van der Waals surface area contributed by atoms with Crippen molar-refractivity contribution in [3.05, 3.63) is 0 Å². The molecule has 2 aliphatic rings. The van der Waals surface area contributed by atoms with Crippen molar-refractivity contribution < 1.29 is 4.79 Å². The first kappa shape index (κ1) is 15.8. The Morgan fingerprint density at radius 1 is 1.20 bits per heavy atom. The molecule has 0 spiro atoms. The lowest BCUT2D eigenvalue weighted by molar-refractivity contribution is -0.125. The number of hydrogen-bond acceptors (Lipinski definition) is 3. The van der Waals surface area contributed by atoms with Crippen LogP contribution in [0.3, 0.4) is 0 Å². The lowest BCUT2D eigenvalue weighted by Gasteiger charge is -2.35. The van der Waals surface area contributed by atoms with Gasteiger partial charge in [-0.1, -0.05) is 19.3 Å². The van der Waals surface area contributed by atoms with Gasteiger partial charge in [-0.15, -0.1) is 0 Å². The molecule has 2 fully saturated rings. The van der Waals surface area contributed by atoms with Gasteiger partial charge in [0.15, 0.2) is 0 Å². The number of nitrogens with one attached hydrogen (secondary N) is 2. The lowest BCUT2D eigenvalue weighted by Crippen LogP contribution is -2.48. The van der Waals surface area contributed by atoms with Crippen molar-refractivity contribution in [1.82, 2.24) is 15.5 Å². The average molecular weight is 281 g/mol. The van der Waals surface area contributed by atoms with Gasteiger partial charge in [-0.05, 0) is 52.2 Å². The van der Waals surface area contributed by atoms with Crippen LogP contribution in [0.25, 0.3) is 0 Å². The quantitative estimate of drug-likeness (QED) is 0.805. The van der Waals surface area contributed by atoms with Crippen molar-refractivity contribution in [3.8, 4) is 0 Å². The van der Waals surface area contributed by atoms with Crippen molar-refractivity contribution in [2.45, 2.75) is 51.0 Å². The Hall–Kier alpha value is -0.610. The summed E-state index contributed by atoms with van der Waals surface area (Å²) in [4.78, 5) is 14.5. The number of carbonyl (C=O) groups is 1. The maximum atomic E-state index is 12.2. The van der Waals surface area contributed by atoms with Gasteiger partial charge in [-0.3, -0.25) is 4.79 Å². The SMILES string of the molecule is CN(C)C(CNC(=O)C1CCCNC1)C1CCCCC1. The van der Waals surface area contributed by atoms with E-state index in [1.54, 1.807) is 0 Å². The molecule has 116 valence electrons. The van der Waals surface area contributed by atoms with Gasteiger partial charge in [0.2, 0.25) is 5.91 Å². The van der Waals surface area contributed by atoms with Gasteiger partial charge in [0.05, 0.1) is 5.92 Å². The van der Waals surface area contributed by atoms with E-state index < -0.39 is 0 Å². The first-order valence-corrected chi connectivity index (χ1v) is 8.33. The molecular formula is C16H31N3O. The first-order valence-electron chi connectivity index (χ1n) is 8.33. The minimum absolute atomic E-state index is 0.179. The predicted octanol–water partition coefficient (Wildman–Crippen LogP) is 1.61. The van der Waals surface area contributed by atoms with Crippen LogP contribution in [-0.2, 0) is 4.79 Å². The Kier molecular flexibility index (Phi) is 6.30. The molecule has 2 unspecified atom stereocenters. The minimum Gasteiger partial charge on any atom is -0.354 e. The lowest BCUT2D eigenvalue weighted by atomic mass is 9.83. The molecule has 20 heavy (non-hydrogen) atoms. The molecule has 0 aromatic carbocycles. The van der Waals surface area contributed by atoms with Crippen LogP contribution in [0.5, 0.6) is 0 Å². The largest absolute Gasteiger partial charge is 0.354 e. The third-order valence-corrected chi connectivity index (χ3v) is 5.01. The Labute approximate surface area is 123 Å². The summed E-state index contributed by atoms with van der Waals surface area (Å²) in [5, 5.41) is 6.53. The average Bonchev–Trinajstić information content (AvgIpc) is 2.49. The second kappa shape index (κ2) is 7.99. The van der Waals surface area contributed by atoms with Gasteiger partial charge < -0.3 is 15.5 Å². The van der Waals surface area contributed by atoms with E-state index in [9.17, 15) is 4.79 Å². The minimum atomic E-state index is 0.179. The molecule has 0 bridgehead atoms. The monoisotopic (exact) mass is 281 g/mol. The number of likely N-dealkylation sites (N-methyl/N-ethyl adjacent to an activating group) is 1. The summed E-state index contributed by atoms with van der Waals surface area (Å²) >= 11 is 0. The number of amides is 1. The molecule has 0 radical (unpaired) electrons. The summed E-state index contributed by atoms with van der Waals surface area (Å²) in [7, 11) is 4.29. The molecule has 2 N–H and O–H groups in total. The number of piperidine rings is 1. The van der Waals surface area contributed by atoms with E-state index in [0.29, 0.717) is 6.04 Å². The summed E-state index contributed by atoms with van der Waals surface area (Å²) in [5.74, 6) is 1.18. The molecule has 1 amide bonds. The second-order valence-corrected chi connectivity index (χ2v) is 6.72. The van der Waals surface area contributed by atoms with Crippen LogP contribution in [0, 0.1) is 11.8 Å². The smallest absolute Gasteiger partial charge is 0.224 e. The Morgan fingerprint density at radius 2 is 1.95 bits per heavy atom. The van der Waals surface area contributed by atoms with E-state index in [2.05, 4.69) is 29.6 Å². The molecule has 2 atom stereocenters. The fraction of sp³-hybridized carbons (Fsp3) is 0.938. The molecular weight excluding hydrogens is 250 g/mol. The highest BCUT2D eigenvalue weighted by Gasteiger charge is 2.27. The van der Waals surface area contributed by atoms with Crippen LogP contribution in [0.1, 0.15) is 44.9 Å². The second-order valence-electron chi connectivity index (χ2n) is 6.72. The molecule has 4 heteroatoms. The third kappa shape index (κ3) is 4.45. The van der Waals surface area contributed by atoms with Crippen molar-refractivity contribution in [2.75, 3.05) is 33.7 Å². The van der Waals surface area contributed by atoms with E-state index in [4.69, 9.17) is 0 Å². The Bertz CT molecular complexity index is 294. The zero-order valence-electron chi connectivity index (χ0n) is 13.2. The van der Waals surface area contributed by atoms with Crippen LogP contribution in [0.4, 0.5) is 0 Å². The van der Waals surface area contributed by atoms with E-state index in [-0.39, 0.29) is 11.8 Å². The highest BCUT2D eigenvalue weighted by molar-refractivity contribution is 5.79. The molecule has 0 aromatic rings. The van der Waals surface area contributed by atoms with Crippen molar-refractivity contribution in [3.63, 3.8) is 0 Å². The van der Waals surface area contributed by atoms with E-state index in [1.807, 2.05) is 0 Å². The van der Waals surface area contributed by atoms with Crippen LogP contribution in [0.15, 0.2) is 0 Å². The topological polar surface area (TPSA) is 44.4 Å². The zero-order chi connectivity index (χ0) is 14.4. The number of hydrogen-bond donors (Lipinski definition) is 2. The Balaban J connectivity index is 1.80. The van der Waals surface area contributed by atoms with Crippen LogP contribution in [0.2, 0.25) is 0 Å². The third-order valence-electron chi connectivity index (χ3n) is 5.01. The summed E-state index contributed by atoms with van der Waals surface area (Å²) in [5.41, 5.74) is 0. The van der Waals surface area contributed by atoms with Crippen molar-refractivity contribution in [1.29, 1.82) is 0 Å². The predicted molar refractivity (Wildman–Crippen MR) is 82.7 cm³/mol. The van der Waals surface area contributed by atoms with Gasteiger partial charge in [0.1, 0.15) is 0 Å². The summed E-state index contributed by atoms with van der Waals surface area (Å²) in [6, 6.07) is 0.496. The molecule has 1 heterocycles. The molecule has 1 aliphatic heterocycles. The van der Waals surface area contributed by atoms with Crippen molar-refractivity contribution >= 4 is 5.91 Å². The molecule has 0 aromatic heterocycles. The Morgan fingerprint density at radius 3 is 2.55 bits per heavy atom. The summed E-state index contributed by atoms with van der Waals surface area (Å²) in [6.07, 6.45) is 8.90. The highest BCUT2D eigenvalue weighted by Crippen LogP contribution is 2.28. The number of nitrogens with zero attached hydrogens (tertiary/aromatic N) is 1. The van der Waals surface area contributed by atoms with Gasteiger partial charge in [0, 0.05) is 19.1 Å². The van der Waals surface area contributed by atoms with Gasteiger partial charge in [0.25, 0.3) is 0 Å². The van der Waals surface area contributed by atoms with Gasteiger partial charge in [-0.25, -0.2) is 0 Å². The maximum absolute atomic E-state index is 12.2. The van der Waals surface area contributed by atoms with E-state index >= 15 is 0 Å². The molecule has 1 saturated carbocycles. The fourth-order valence-electron chi connectivity index (χ4n) is 3.71. The van der Waals surface area contributed by atoms with Crippen LogP contribution >= 0.6 is 0 Å². The maximum Gasteiger partial charge on any atom is 0.224 e. The molecule has 2 rings (SSSR count). The number of rotatable bonds is 5. The standard InChI is InChI=1S/C16H31N3O/c1-19(2)15(13-7-4-3-5-8-13)12-18-16(20)14-9-6-10-17-11-14/h13-15,17H,3-12H2,1-2H3,(H,18,20). The van der Waals surface area contributed by atoms with Crippen LogP contribution < -0.4 is 10.6 Å². The van der Waals surface area contributed by atoms with E-state index in [0.717, 1.165) is 38.4 Å². The van der Waals surface area contributed by atoms with Crippen molar-refractivity contribution in [2.24, 2.45) is 11.8 Å². The zero-order valence-corrected chi connectivity index (χ0v) is 13.2. The van der Waals surface area contributed by atoms with Gasteiger partial charge in [-0.2, -0.15) is 0 Å². The summed E-state index contributed by atoms with van der Waals surface area (Å²) in [6.45, 7) is 2.72. The number of carbonyl (C=O) groups excluding carboxylic acids is 1. The molecule has 1 aliphatic carbocycles. The molecule has 4 nitrogen and oxygen atoms in total. The summed E-state index contributed by atoms with van der Waals surface area (Å²) < 4.78 is 0. The fourth-order valence-corrected chi connectivity index (χ4v) is 3.71. The normalized spacial score (nSPS) is 26.4. The van der Waals surface area contributed by atoms with Gasteiger partial charge >= 0.3 is 0 Å².